The predicted octanol–water partition coefficient (Wildman–Crippen LogP) is 1.03. The molecule has 1 atom stereocenters. The second kappa shape index (κ2) is 7.52. The Balaban J connectivity index is 1.56. The molecule has 0 aromatic carbocycles. The minimum atomic E-state index is 0.167. The zero-order valence-corrected chi connectivity index (χ0v) is 13.8. The van der Waals surface area contributed by atoms with Gasteiger partial charge in [0.15, 0.2) is 5.82 Å². The number of aromatic nitrogens is 4. The lowest BCUT2D eigenvalue weighted by Gasteiger charge is -2.34. The Kier molecular flexibility index (Phi) is 5.19. The molecule has 23 heavy (non-hydrogen) atoms. The van der Waals surface area contributed by atoms with Crippen molar-refractivity contribution in [2.45, 2.75) is 26.1 Å². The zero-order chi connectivity index (χ0) is 16.1. The molecule has 1 aliphatic heterocycles. The van der Waals surface area contributed by atoms with Crippen molar-refractivity contribution in [3.05, 3.63) is 36.5 Å². The van der Waals surface area contributed by atoms with Crippen LogP contribution in [0.25, 0.3) is 0 Å². The van der Waals surface area contributed by atoms with Crippen LogP contribution < -0.4 is 4.90 Å². The molecule has 0 bridgehead atoms. The van der Waals surface area contributed by atoms with Crippen molar-refractivity contribution >= 4 is 5.82 Å². The fourth-order valence-corrected chi connectivity index (χ4v) is 2.91. The van der Waals surface area contributed by atoms with Gasteiger partial charge in [-0.2, -0.15) is 5.10 Å². The largest absolute Gasteiger partial charge is 0.374 e. The number of aryl methyl sites for hydroxylation is 1. The molecule has 0 spiro atoms. The smallest absolute Gasteiger partial charge is 0.151 e. The summed E-state index contributed by atoms with van der Waals surface area (Å²) >= 11 is 0. The van der Waals surface area contributed by atoms with Crippen LogP contribution in [0.1, 0.15) is 12.7 Å². The summed E-state index contributed by atoms with van der Waals surface area (Å²) in [7, 11) is 2.02. The first-order valence-electron chi connectivity index (χ1n) is 8.09. The van der Waals surface area contributed by atoms with Crippen LogP contribution in [0.2, 0.25) is 0 Å². The first-order valence-corrected chi connectivity index (χ1v) is 8.09. The average molecular weight is 316 g/mol. The molecule has 0 N–H and O–H groups in total. The zero-order valence-electron chi connectivity index (χ0n) is 13.8. The van der Waals surface area contributed by atoms with E-state index in [9.17, 15) is 0 Å². The number of anilines is 1. The van der Waals surface area contributed by atoms with Crippen molar-refractivity contribution < 1.29 is 4.74 Å². The highest BCUT2D eigenvalue weighted by Crippen LogP contribution is 2.13. The molecule has 2 aromatic rings. The van der Waals surface area contributed by atoms with Gasteiger partial charge in [0.05, 0.1) is 19.3 Å². The first-order chi connectivity index (χ1) is 11.3. The maximum atomic E-state index is 5.92. The van der Waals surface area contributed by atoms with Gasteiger partial charge in [-0.05, 0) is 19.1 Å². The quantitative estimate of drug-likeness (QED) is 0.793. The highest BCUT2D eigenvalue weighted by atomic mass is 16.5. The number of ether oxygens (including phenoxy) is 1. The normalized spacial score (nSPS) is 19.0. The molecule has 2 aromatic heterocycles. The van der Waals surface area contributed by atoms with Gasteiger partial charge in [-0.3, -0.25) is 4.90 Å². The summed E-state index contributed by atoms with van der Waals surface area (Å²) in [6.07, 6.45) is 5.76. The maximum absolute atomic E-state index is 5.92. The topological polar surface area (TPSA) is 59.3 Å². The Morgan fingerprint density at radius 1 is 1.39 bits per heavy atom. The summed E-state index contributed by atoms with van der Waals surface area (Å²) in [4.78, 5) is 8.97. The predicted molar refractivity (Wildman–Crippen MR) is 88.2 cm³/mol. The Bertz CT molecular complexity index is 602. The second-order valence-corrected chi connectivity index (χ2v) is 5.82. The molecule has 3 heterocycles. The molecule has 0 amide bonds. The maximum Gasteiger partial charge on any atom is 0.151 e. The molecule has 1 aliphatic rings. The highest BCUT2D eigenvalue weighted by molar-refractivity contribution is 5.35. The molecular formula is C16H24N6O. The highest BCUT2D eigenvalue weighted by Gasteiger charge is 2.23. The monoisotopic (exact) mass is 316 g/mol. The van der Waals surface area contributed by atoms with Gasteiger partial charge in [0.2, 0.25) is 0 Å². The van der Waals surface area contributed by atoms with Gasteiger partial charge in [0, 0.05) is 51.8 Å². The molecular weight excluding hydrogens is 292 g/mol. The summed E-state index contributed by atoms with van der Waals surface area (Å²) in [5, 5.41) is 8.07. The van der Waals surface area contributed by atoms with Gasteiger partial charge < -0.3 is 14.2 Å². The minimum Gasteiger partial charge on any atom is -0.374 e. The number of hydrogen-bond acceptors (Lipinski definition) is 6. The SMILES string of the molecule is CCn1ccnc1CN1CCO[C@H](CN(C)c2cccnn2)C1. The third kappa shape index (κ3) is 4.05. The van der Waals surface area contributed by atoms with E-state index in [1.807, 2.05) is 31.6 Å². The molecule has 0 radical (unpaired) electrons. The Hall–Kier alpha value is -1.99. The molecule has 3 rings (SSSR count). The standard InChI is InChI=1S/C16H24N6O/c1-3-22-8-7-17-16(22)13-21-9-10-23-14(12-21)11-20(2)15-5-4-6-18-19-15/h4-8,14H,3,9-13H2,1-2H3/t14-/m1/s1. The molecule has 0 saturated carbocycles. The molecule has 0 unspecified atom stereocenters. The lowest BCUT2D eigenvalue weighted by atomic mass is 10.2. The Labute approximate surface area is 136 Å². The van der Waals surface area contributed by atoms with E-state index in [0.29, 0.717) is 0 Å². The fraction of sp³-hybridized carbons (Fsp3) is 0.562. The number of nitrogens with zero attached hydrogens (tertiary/aromatic N) is 6. The van der Waals surface area contributed by atoms with Gasteiger partial charge in [-0.15, -0.1) is 5.10 Å². The van der Waals surface area contributed by atoms with E-state index in [1.165, 1.54) is 0 Å². The van der Waals surface area contributed by atoms with Crippen molar-refractivity contribution in [1.82, 2.24) is 24.6 Å². The van der Waals surface area contributed by atoms with Crippen LogP contribution in [0.5, 0.6) is 0 Å². The third-order valence-corrected chi connectivity index (χ3v) is 4.16. The fourth-order valence-electron chi connectivity index (χ4n) is 2.91. The summed E-state index contributed by atoms with van der Waals surface area (Å²) in [5.74, 6) is 1.99. The van der Waals surface area contributed by atoms with Crippen LogP contribution in [0, 0.1) is 0 Å². The van der Waals surface area contributed by atoms with Gasteiger partial charge in [0.25, 0.3) is 0 Å². The molecule has 7 heteroatoms. The lowest BCUT2D eigenvalue weighted by molar-refractivity contribution is -0.0275. The molecule has 7 nitrogen and oxygen atoms in total. The van der Waals surface area contributed by atoms with Crippen molar-refractivity contribution in [1.29, 1.82) is 0 Å². The third-order valence-electron chi connectivity index (χ3n) is 4.16. The number of rotatable bonds is 6. The van der Waals surface area contributed by atoms with Gasteiger partial charge in [0.1, 0.15) is 5.82 Å². The summed E-state index contributed by atoms with van der Waals surface area (Å²) in [6, 6.07) is 3.86. The van der Waals surface area contributed by atoms with E-state index < -0.39 is 0 Å². The Morgan fingerprint density at radius 3 is 3.09 bits per heavy atom. The van der Waals surface area contributed by atoms with E-state index in [0.717, 1.165) is 51.0 Å². The van der Waals surface area contributed by atoms with Crippen LogP contribution >= 0.6 is 0 Å². The van der Waals surface area contributed by atoms with E-state index in [1.54, 1.807) is 6.20 Å². The number of likely N-dealkylation sites (N-methyl/N-ethyl adjacent to an activating group) is 1. The van der Waals surface area contributed by atoms with Crippen LogP contribution in [0.4, 0.5) is 5.82 Å². The van der Waals surface area contributed by atoms with Crippen LogP contribution in [-0.2, 0) is 17.8 Å². The van der Waals surface area contributed by atoms with Crippen molar-refractivity contribution in [2.75, 3.05) is 38.2 Å². The summed E-state index contributed by atoms with van der Waals surface area (Å²) < 4.78 is 8.11. The van der Waals surface area contributed by atoms with E-state index in [2.05, 4.69) is 36.5 Å². The number of hydrogen-bond donors (Lipinski definition) is 0. The number of morpholine rings is 1. The van der Waals surface area contributed by atoms with E-state index in [-0.39, 0.29) is 6.10 Å². The van der Waals surface area contributed by atoms with Crippen LogP contribution in [0.15, 0.2) is 30.7 Å². The molecule has 124 valence electrons. The molecule has 1 saturated heterocycles. The Morgan fingerprint density at radius 2 is 2.30 bits per heavy atom. The van der Waals surface area contributed by atoms with Crippen molar-refractivity contribution in [3.8, 4) is 0 Å². The summed E-state index contributed by atoms with van der Waals surface area (Å²) in [5.41, 5.74) is 0. The van der Waals surface area contributed by atoms with Crippen molar-refractivity contribution in [2.24, 2.45) is 0 Å². The van der Waals surface area contributed by atoms with E-state index >= 15 is 0 Å². The first kappa shape index (κ1) is 15.9. The summed E-state index contributed by atoms with van der Waals surface area (Å²) in [6.45, 7) is 7.38. The molecule has 1 fully saturated rings. The number of imidazole rings is 1. The molecule has 0 aliphatic carbocycles. The van der Waals surface area contributed by atoms with Crippen molar-refractivity contribution in [3.63, 3.8) is 0 Å². The van der Waals surface area contributed by atoms with Crippen LogP contribution in [-0.4, -0.2) is 64.0 Å². The second-order valence-electron chi connectivity index (χ2n) is 5.82. The average Bonchev–Trinajstić information content (AvgIpc) is 3.03. The van der Waals surface area contributed by atoms with Gasteiger partial charge >= 0.3 is 0 Å². The van der Waals surface area contributed by atoms with Gasteiger partial charge in [-0.1, -0.05) is 0 Å². The van der Waals surface area contributed by atoms with Crippen LogP contribution in [0.3, 0.4) is 0 Å². The van der Waals surface area contributed by atoms with Gasteiger partial charge in [-0.25, -0.2) is 4.98 Å². The minimum absolute atomic E-state index is 0.167. The van der Waals surface area contributed by atoms with E-state index in [4.69, 9.17) is 4.74 Å². The lowest BCUT2D eigenvalue weighted by Crippen LogP contribution is -2.47.